The number of amides is 1. The summed E-state index contributed by atoms with van der Waals surface area (Å²) in [5.74, 6) is -0.586. The SMILES string of the molecule is Cc1cc(N2CCCC2)ccc1NC(=O)CN1CCN(S(=O)(=O)c2ccc(F)cc2)CC1. The number of hydrogen-bond acceptors (Lipinski definition) is 5. The largest absolute Gasteiger partial charge is 0.372 e. The first-order valence-electron chi connectivity index (χ1n) is 11.0. The number of halogens is 1. The van der Waals surface area contributed by atoms with E-state index in [0.717, 1.165) is 36.5 Å². The van der Waals surface area contributed by atoms with Gasteiger partial charge in [-0.05, 0) is 67.8 Å². The molecule has 1 amide bonds. The zero-order valence-corrected chi connectivity index (χ0v) is 19.1. The van der Waals surface area contributed by atoms with Crippen LogP contribution in [-0.4, -0.2) is 69.3 Å². The fraction of sp³-hybridized carbons (Fsp3) is 0.435. The summed E-state index contributed by atoms with van der Waals surface area (Å²) in [6.07, 6.45) is 2.44. The maximum absolute atomic E-state index is 13.1. The van der Waals surface area contributed by atoms with Gasteiger partial charge in [0.05, 0.1) is 11.4 Å². The maximum Gasteiger partial charge on any atom is 0.243 e. The number of rotatable bonds is 6. The normalized spacial score (nSPS) is 18.1. The highest BCUT2D eigenvalue weighted by atomic mass is 32.2. The van der Waals surface area contributed by atoms with Crippen molar-refractivity contribution < 1.29 is 17.6 Å². The Morgan fingerprint density at radius 1 is 0.969 bits per heavy atom. The van der Waals surface area contributed by atoms with Crippen LogP contribution in [0.25, 0.3) is 0 Å². The number of sulfonamides is 1. The van der Waals surface area contributed by atoms with Gasteiger partial charge in [-0.25, -0.2) is 12.8 Å². The van der Waals surface area contributed by atoms with Crippen molar-refractivity contribution in [2.45, 2.75) is 24.7 Å². The van der Waals surface area contributed by atoms with Crippen LogP contribution in [0.15, 0.2) is 47.4 Å². The molecule has 2 fully saturated rings. The second-order valence-corrected chi connectivity index (χ2v) is 10.3. The lowest BCUT2D eigenvalue weighted by molar-refractivity contribution is -0.117. The summed E-state index contributed by atoms with van der Waals surface area (Å²) < 4.78 is 40.0. The van der Waals surface area contributed by atoms with Crippen LogP contribution in [0.5, 0.6) is 0 Å². The van der Waals surface area contributed by atoms with Crippen molar-refractivity contribution in [3.63, 3.8) is 0 Å². The van der Waals surface area contributed by atoms with Crippen molar-refractivity contribution in [3.8, 4) is 0 Å². The fourth-order valence-electron chi connectivity index (χ4n) is 4.24. The van der Waals surface area contributed by atoms with E-state index in [1.165, 1.54) is 35.0 Å². The zero-order chi connectivity index (χ0) is 22.7. The number of carbonyl (C=O) groups excluding carboxylic acids is 1. The number of hydrogen-bond donors (Lipinski definition) is 1. The molecule has 0 spiro atoms. The summed E-state index contributed by atoms with van der Waals surface area (Å²) in [5, 5.41) is 2.98. The Morgan fingerprint density at radius 3 is 2.25 bits per heavy atom. The smallest absolute Gasteiger partial charge is 0.243 e. The lowest BCUT2D eigenvalue weighted by Gasteiger charge is -2.33. The minimum atomic E-state index is -3.66. The standard InChI is InChI=1S/C23H29FN4O3S/c1-18-16-20(27-10-2-3-11-27)6-9-22(18)25-23(29)17-26-12-14-28(15-13-26)32(30,31)21-7-4-19(24)5-8-21/h4-9,16H,2-3,10-15,17H2,1H3,(H,25,29). The Bertz CT molecular complexity index is 1060. The van der Waals surface area contributed by atoms with Gasteiger partial charge in [0.15, 0.2) is 0 Å². The van der Waals surface area contributed by atoms with Crippen LogP contribution in [0.1, 0.15) is 18.4 Å². The number of nitrogens with one attached hydrogen (secondary N) is 1. The van der Waals surface area contributed by atoms with E-state index >= 15 is 0 Å². The molecule has 0 radical (unpaired) electrons. The molecule has 0 saturated carbocycles. The Balaban J connectivity index is 1.29. The fourth-order valence-corrected chi connectivity index (χ4v) is 5.66. The minimum Gasteiger partial charge on any atom is -0.372 e. The second kappa shape index (κ2) is 9.56. The molecule has 172 valence electrons. The van der Waals surface area contributed by atoms with Crippen molar-refractivity contribution in [3.05, 3.63) is 53.8 Å². The lowest BCUT2D eigenvalue weighted by atomic mass is 10.1. The summed E-state index contributed by atoms with van der Waals surface area (Å²) in [4.78, 5) is 17.0. The first-order chi connectivity index (χ1) is 15.3. The molecule has 1 N–H and O–H groups in total. The van der Waals surface area contributed by atoms with E-state index in [0.29, 0.717) is 13.1 Å². The Morgan fingerprint density at radius 2 is 1.62 bits per heavy atom. The van der Waals surface area contributed by atoms with E-state index < -0.39 is 15.8 Å². The van der Waals surface area contributed by atoms with E-state index in [-0.39, 0.29) is 30.4 Å². The summed E-state index contributed by atoms with van der Waals surface area (Å²) >= 11 is 0. The monoisotopic (exact) mass is 460 g/mol. The van der Waals surface area contributed by atoms with E-state index in [9.17, 15) is 17.6 Å². The molecular weight excluding hydrogens is 431 g/mol. The van der Waals surface area contributed by atoms with E-state index in [2.05, 4.69) is 16.3 Å². The number of anilines is 2. The first kappa shape index (κ1) is 22.7. The molecule has 0 aliphatic carbocycles. The predicted molar refractivity (Wildman–Crippen MR) is 123 cm³/mol. The molecule has 0 atom stereocenters. The van der Waals surface area contributed by atoms with Gasteiger partial charge in [0.2, 0.25) is 15.9 Å². The van der Waals surface area contributed by atoms with Crippen LogP contribution in [0.3, 0.4) is 0 Å². The average Bonchev–Trinajstić information content (AvgIpc) is 3.31. The summed E-state index contributed by atoms with van der Waals surface area (Å²) in [6.45, 7) is 5.85. The van der Waals surface area contributed by atoms with Gasteiger partial charge in [-0.1, -0.05) is 0 Å². The molecule has 2 aromatic carbocycles. The molecule has 9 heteroatoms. The highest BCUT2D eigenvalue weighted by molar-refractivity contribution is 7.89. The maximum atomic E-state index is 13.1. The van der Waals surface area contributed by atoms with Crippen LogP contribution >= 0.6 is 0 Å². The predicted octanol–water partition coefficient (Wildman–Crippen LogP) is 2.68. The van der Waals surface area contributed by atoms with Crippen molar-refractivity contribution in [1.82, 2.24) is 9.21 Å². The molecular formula is C23H29FN4O3S. The number of benzene rings is 2. The van der Waals surface area contributed by atoms with Crippen LogP contribution in [0, 0.1) is 12.7 Å². The van der Waals surface area contributed by atoms with Gasteiger partial charge in [0, 0.05) is 50.6 Å². The van der Waals surface area contributed by atoms with Gasteiger partial charge >= 0.3 is 0 Å². The summed E-state index contributed by atoms with van der Waals surface area (Å²) in [5.41, 5.74) is 3.02. The molecule has 7 nitrogen and oxygen atoms in total. The molecule has 0 aromatic heterocycles. The van der Waals surface area contributed by atoms with Crippen molar-refractivity contribution >= 4 is 27.3 Å². The van der Waals surface area contributed by atoms with Gasteiger partial charge in [-0.15, -0.1) is 0 Å². The first-order valence-corrected chi connectivity index (χ1v) is 12.4. The number of carbonyl (C=O) groups is 1. The van der Waals surface area contributed by atoms with E-state index in [4.69, 9.17) is 0 Å². The highest BCUT2D eigenvalue weighted by Gasteiger charge is 2.29. The molecule has 0 bridgehead atoms. The van der Waals surface area contributed by atoms with Gasteiger partial charge in [0.1, 0.15) is 5.82 Å². The Labute approximate surface area is 188 Å². The molecule has 2 aromatic rings. The van der Waals surface area contributed by atoms with Crippen LogP contribution in [0.4, 0.5) is 15.8 Å². The van der Waals surface area contributed by atoms with Gasteiger partial charge in [0.25, 0.3) is 0 Å². The molecule has 2 saturated heterocycles. The third-order valence-corrected chi connectivity index (χ3v) is 8.02. The second-order valence-electron chi connectivity index (χ2n) is 8.38. The zero-order valence-electron chi connectivity index (χ0n) is 18.3. The number of nitrogens with zero attached hydrogens (tertiary/aromatic N) is 3. The van der Waals surface area contributed by atoms with Crippen LogP contribution in [-0.2, 0) is 14.8 Å². The third kappa shape index (κ3) is 5.11. The molecule has 2 aliphatic heterocycles. The quantitative estimate of drug-likeness (QED) is 0.718. The number of piperazine rings is 1. The molecule has 0 unspecified atom stereocenters. The third-order valence-electron chi connectivity index (χ3n) is 6.11. The molecule has 32 heavy (non-hydrogen) atoms. The topological polar surface area (TPSA) is 73.0 Å². The summed E-state index contributed by atoms with van der Waals surface area (Å²) in [6, 6.07) is 11.0. The van der Waals surface area contributed by atoms with Crippen LogP contribution in [0.2, 0.25) is 0 Å². The van der Waals surface area contributed by atoms with Crippen LogP contribution < -0.4 is 10.2 Å². The number of aryl methyl sites for hydroxylation is 1. The van der Waals surface area contributed by atoms with E-state index in [1.54, 1.807) is 0 Å². The lowest BCUT2D eigenvalue weighted by Crippen LogP contribution is -2.50. The molecule has 4 rings (SSSR count). The molecule has 2 aliphatic rings. The minimum absolute atomic E-state index is 0.0814. The van der Waals surface area contributed by atoms with Crippen molar-refractivity contribution in [2.75, 3.05) is 56.0 Å². The Kier molecular flexibility index (Phi) is 6.78. The average molecular weight is 461 g/mol. The van der Waals surface area contributed by atoms with Crippen molar-refractivity contribution in [2.24, 2.45) is 0 Å². The van der Waals surface area contributed by atoms with Crippen molar-refractivity contribution in [1.29, 1.82) is 0 Å². The Hall–Kier alpha value is -2.49. The highest BCUT2D eigenvalue weighted by Crippen LogP contribution is 2.25. The summed E-state index contributed by atoms with van der Waals surface area (Å²) in [7, 11) is -3.66. The molecule has 2 heterocycles. The van der Waals surface area contributed by atoms with E-state index in [1.807, 2.05) is 24.0 Å². The van der Waals surface area contributed by atoms with Gasteiger partial charge in [-0.2, -0.15) is 4.31 Å². The van der Waals surface area contributed by atoms with Gasteiger partial charge < -0.3 is 10.2 Å². The van der Waals surface area contributed by atoms with Gasteiger partial charge in [-0.3, -0.25) is 9.69 Å².